The Morgan fingerprint density at radius 1 is 1.17 bits per heavy atom. The summed E-state index contributed by atoms with van der Waals surface area (Å²) in [6.07, 6.45) is 6.72. The molecule has 2 fully saturated rings. The summed E-state index contributed by atoms with van der Waals surface area (Å²) in [6.45, 7) is 7.26. The highest BCUT2D eigenvalue weighted by Gasteiger charge is 2.39. The van der Waals surface area contributed by atoms with Crippen LogP contribution in [0.15, 0.2) is 0 Å². The third-order valence-electron chi connectivity index (χ3n) is 5.46. The van der Waals surface area contributed by atoms with E-state index in [-0.39, 0.29) is 24.2 Å². The molecule has 0 unspecified atom stereocenters. The summed E-state index contributed by atoms with van der Waals surface area (Å²) in [4.78, 5) is 17.1. The summed E-state index contributed by atoms with van der Waals surface area (Å²) in [5, 5.41) is 14.9. The molecule has 2 amide bonds. The molecule has 0 aromatic rings. The van der Waals surface area contributed by atoms with Gasteiger partial charge in [0.15, 0.2) is 0 Å². The van der Waals surface area contributed by atoms with E-state index in [1.807, 2.05) is 6.92 Å². The number of carbonyl (C=O) groups is 1. The van der Waals surface area contributed by atoms with E-state index >= 15 is 0 Å². The first-order valence-corrected chi connectivity index (χ1v) is 9.14. The minimum Gasteiger partial charge on any atom is -0.396 e. The van der Waals surface area contributed by atoms with E-state index < -0.39 is 0 Å². The highest BCUT2D eigenvalue weighted by atomic mass is 16.3. The maximum absolute atomic E-state index is 12.1. The van der Waals surface area contributed by atoms with E-state index in [4.69, 9.17) is 5.11 Å². The van der Waals surface area contributed by atoms with Crippen LogP contribution in [0.4, 0.5) is 4.79 Å². The van der Waals surface area contributed by atoms with Gasteiger partial charge in [0.2, 0.25) is 0 Å². The van der Waals surface area contributed by atoms with Gasteiger partial charge in [0.25, 0.3) is 0 Å². The Balaban J connectivity index is 1.91. The zero-order valence-electron chi connectivity index (χ0n) is 14.8. The van der Waals surface area contributed by atoms with Gasteiger partial charge in [-0.15, -0.1) is 0 Å². The summed E-state index contributed by atoms with van der Waals surface area (Å²) >= 11 is 0. The first-order chi connectivity index (χ1) is 11.1. The van der Waals surface area contributed by atoms with Crippen molar-refractivity contribution in [3.8, 4) is 0 Å². The first kappa shape index (κ1) is 18.5. The van der Waals surface area contributed by atoms with Crippen molar-refractivity contribution in [1.29, 1.82) is 0 Å². The Morgan fingerprint density at radius 2 is 1.83 bits per heavy atom. The number of hydrogen-bond donors (Lipinski definition) is 3. The van der Waals surface area contributed by atoms with Crippen molar-refractivity contribution in [2.45, 2.75) is 57.0 Å². The second kappa shape index (κ2) is 8.85. The summed E-state index contributed by atoms with van der Waals surface area (Å²) in [7, 11) is 2.18. The normalized spacial score (nSPS) is 24.1. The number of nitrogens with zero attached hydrogens (tertiary/aromatic N) is 2. The lowest BCUT2D eigenvalue weighted by Crippen LogP contribution is -2.62. The minimum atomic E-state index is -0.110. The molecule has 6 heteroatoms. The summed E-state index contributed by atoms with van der Waals surface area (Å²) in [5.74, 6) is 0. The maximum atomic E-state index is 12.1. The van der Waals surface area contributed by atoms with Crippen molar-refractivity contribution in [3.05, 3.63) is 0 Å². The molecule has 2 saturated heterocycles. The lowest BCUT2D eigenvalue weighted by molar-refractivity contribution is 0.0161. The number of aliphatic hydroxyl groups excluding tert-OH is 1. The van der Waals surface area contributed by atoms with Gasteiger partial charge in [-0.3, -0.25) is 4.90 Å². The molecule has 23 heavy (non-hydrogen) atoms. The van der Waals surface area contributed by atoms with Crippen LogP contribution in [0.3, 0.4) is 0 Å². The standard InChI is InChI=1S/C17H34N4O2/c1-15(6-13-22)19-16(23)18-14-17(7-11-20(2)12-8-17)21-9-4-3-5-10-21/h15,22H,3-14H2,1-2H3,(H2,18,19,23)/t15-/m1/s1. The SMILES string of the molecule is C[C@H](CCO)NC(=O)NCC1(N2CCCCC2)CCN(C)CC1. The number of amides is 2. The number of nitrogens with one attached hydrogen (secondary N) is 2. The largest absolute Gasteiger partial charge is 0.396 e. The van der Waals surface area contributed by atoms with Crippen molar-refractivity contribution in [2.75, 3.05) is 46.4 Å². The van der Waals surface area contributed by atoms with Crippen LogP contribution in [-0.2, 0) is 0 Å². The zero-order valence-corrected chi connectivity index (χ0v) is 14.8. The Kier molecular flexibility index (Phi) is 7.11. The number of urea groups is 1. The fraction of sp³-hybridized carbons (Fsp3) is 0.941. The molecule has 0 spiro atoms. The number of aliphatic hydroxyl groups is 1. The summed E-state index contributed by atoms with van der Waals surface area (Å²) < 4.78 is 0. The molecule has 0 radical (unpaired) electrons. The third kappa shape index (κ3) is 5.33. The smallest absolute Gasteiger partial charge is 0.315 e. The zero-order chi connectivity index (χ0) is 16.7. The molecule has 0 aromatic carbocycles. The van der Waals surface area contributed by atoms with Gasteiger partial charge < -0.3 is 20.6 Å². The second-order valence-electron chi connectivity index (χ2n) is 7.32. The number of likely N-dealkylation sites (tertiary alicyclic amines) is 2. The molecular weight excluding hydrogens is 292 g/mol. The Bertz CT molecular complexity index is 364. The van der Waals surface area contributed by atoms with Crippen LogP contribution >= 0.6 is 0 Å². The molecule has 134 valence electrons. The average molecular weight is 326 g/mol. The van der Waals surface area contributed by atoms with Gasteiger partial charge >= 0.3 is 6.03 Å². The molecule has 3 N–H and O–H groups in total. The maximum Gasteiger partial charge on any atom is 0.315 e. The minimum absolute atomic E-state index is 0.00317. The van der Waals surface area contributed by atoms with Crippen molar-refractivity contribution < 1.29 is 9.90 Å². The molecule has 2 heterocycles. The van der Waals surface area contributed by atoms with Crippen LogP contribution in [-0.4, -0.2) is 78.9 Å². The predicted molar refractivity (Wildman–Crippen MR) is 92.6 cm³/mol. The Labute approximate surface area is 140 Å². The quantitative estimate of drug-likeness (QED) is 0.681. The predicted octanol–water partition coefficient (Wildman–Crippen LogP) is 1.01. The van der Waals surface area contributed by atoms with Crippen LogP contribution in [0.5, 0.6) is 0 Å². The molecule has 0 aromatic heterocycles. The van der Waals surface area contributed by atoms with E-state index in [0.29, 0.717) is 6.42 Å². The molecule has 0 saturated carbocycles. The van der Waals surface area contributed by atoms with Crippen LogP contribution < -0.4 is 10.6 Å². The first-order valence-electron chi connectivity index (χ1n) is 9.14. The lowest BCUT2D eigenvalue weighted by Gasteiger charge is -2.50. The second-order valence-corrected chi connectivity index (χ2v) is 7.32. The number of carbonyl (C=O) groups excluding carboxylic acids is 1. The van der Waals surface area contributed by atoms with Gasteiger partial charge in [-0.1, -0.05) is 6.42 Å². The molecule has 6 nitrogen and oxygen atoms in total. The Morgan fingerprint density at radius 3 is 2.43 bits per heavy atom. The summed E-state index contributed by atoms with van der Waals surface area (Å²) in [6, 6.07) is -0.107. The topological polar surface area (TPSA) is 67.8 Å². The van der Waals surface area contributed by atoms with Gasteiger partial charge in [0.1, 0.15) is 0 Å². The van der Waals surface area contributed by atoms with Crippen molar-refractivity contribution in [1.82, 2.24) is 20.4 Å². The third-order valence-corrected chi connectivity index (χ3v) is 5.46. The molecule has 0 aliphatic carbocycles. The number of hydrogen-bond acceptors (Lipinski definition) is 4. The lowest BCUT2D eigenvalue weighted by atomic mass is 9.84. The number of piperidine rings is 2. The van der Waals surface area contributed by atoms with Gasteiger partial charge in [0, 0.05) is 24.7 Å². The molecule has 2 aliphatic rings. The van der Waals surface area contributed by atoms with Crippen LogP contribution in [0.1, 0.15) is 45.4 Å². The highest BCUT2D eigenvalue weighted by molar-refractivity contribution is 5.74. The van der Waals surface area contributed by atoms with E-state index in [0.717, 1.165) is 45.6 Å². The molecule has 2 aliphatic heterocycles. The van der Waals surface area contributed by atoms with Crippen LogP contribution in [0.2, 0.25) is 0 Å². The van der Waals surface area contributed by atoms with Crippen molar-refractivity contribution in [3.63, 3.8) is 0 Å². The van der Waals surface area contributed by atoms with Crippen molar-refractivity contribution >= 4 is 6.03 Å². The molecule has 2 rings (SSSR count). The van der Waals surface area contributed by atoms with E-state index in [2.05, 4.69) is 27.5 Å². The van der Waals surface area contributed by atoms with E-state index in [1.54, 1.807) is 0 Å². The van der Waals surface area contributed by atoms with Gasteiger partial charge in [0.05, 0.1) is 0 Å². The highest BCUT2D eigenvalue weighted by Crippen LogP contribution is 2.30. The molecular formula is C17H34N4O2. The fourth-order valence-corrected chi connectivity index (χ4v) is 3.79. The van der Waals surface area contributed by atoms with Crippen LogP contribution in [0.25, 0.3) is 0 Å². The monoisotopic (exact) mass is 326 g/mol. The average Bonchev–Trinajstić information content (AvgIpc) is 2.56. The number of rotatable bonds is 6. The summed E-state index contributed by atoms with van der Waals surface area (Å²) in [5.41, 5.74) is 0.116. The van der Waals surface area contributed by atoms with Crippen molar-refractivity contribution in [2.24, 2.45) is 0 Å². The molecule has 1 atom stereocenters. The van der Waals surface area contributed by atoms with E-state index in [9.17, 15) is 4.79 Å². The van der Waals surface area contributed by atoms with Crippen LogP contribution in [0, 0.1) is 0 Å². The van der Waals surface area contributed by atoms with Gasteiger partial charge in [-0.25, -0.2) is 4.79 Å². The van der Waals surface area contributed by atoms with Gasteiger partial charge in [-0.2, -0.15) is 0 Å². The van der Waals surface area contributed by atoms with Gasteiger partial charge in [-0.05, 0) is 72.3 Å². The fourth-order valence-electron chi connectivity index (χ4n) is 3.79. The Hall–Kier alpha value is -0.850. The molecule has 0 bridgehead atoms. The van der Waals surface area contributed by atoms with E-state index in [1.165, 1.54) is 19.3 Å².